The zero-order valence-electron chi connectivity index (χ0n) is 8.39. The van der Waals surface area contributed by atoms with Gasteiger partial charge in [0.2, 0.25) is 0 Å². The van der Waals surface area contributed by atoms with E-state index in [-0.39, 0.29) is 27.2 Å². The molecule has 0 saturated heterocycles. The predicted molar refractivity (Wildman–Crippen MR) is 66.5 cm³/mol. The van der Waals surface area contributed by atoms with E-state index in [1.165, 1.54) is 12.1 Å². The Morgan fingerprint density at radius 1 is 1.24 bits per heavy atom. The minimum absolute atomic E-state index is 0.0617. The highest BCUT2D eigenvalue weighted by atomic mass is 35.5. The Kier molecular flexibility index (Phi) is 5.33. The van der Waals surface area contributed by atoms with E-state index in [4.69, 9.17) is 40.3 Å². The maximum Gasteiger partial charge on any atom is 0.108 e. The average Bonchev–Trinajstić information content (AvgIpc) is 2.31. The zero-order chi connectivity index (χ0) is 13.0. The van der Waals surface area contributed by atoms with Crippen LogP contribution in [0.1, 0.15) is 11.7 Å². The molecule has 1 rings (SSSR count). The van der Waals surface area contributed by atoms with Gasteiger partial charge in [0, 0.05) is 15.5 Å². The van der Waals surface area contributed by atoms with Crippen LogP contribution >= 0.6 is 34.8 Å². The topological polar surface area (TPSA) is 89.2 Å². The first kappa shape index (κ1) is 14.4. The number of hydrogen-bond donors (Lipinski definition) is 2. The van der Waals surface area contributed by atoms with Crippen molar-refractivity contribution in [2.45, 2.75) is 12.2 Å². The summed E-state index contributed by atoms with van der Waals surface area (Å²) in [6.45, 7) is -0.295. The maximum atomic E-state index is 9.84. The molecule has 1 aromatic carbocycles. The fourth-order valence-electron chi connectivity index (χ4n) is 1.23. The van der Waals surface area contributed by atoms with Gasteiger partial charge in [-0.2, -0.15) is 0 Å². The molecule has 0 heterocycles. The summed E-state index contributed by atoms with van der Waals surface area (Å²) >= 11 is 17.5. The summed E-state index contributed by atoms with van der Waals surface area (Å²) in [7, 11) is 0. The summed E-state index contributed by atoms with van der Waals surface area (Å²) in [6.07, 6.45) is -2.68. The Morgan fingerprint density at radius 3 is 2.41 bits per heavy atom. The Morgan fingerprint density at radius 2 is 1.82 bits per heavy atom. The second-order valence-electron chi connectivity index (χ2n) is 3.18. The van der Waals surface area contributed by atoms with Crippen LogP contribution in [0, 0.1) is 0 Å². The number of rotatable bonds is 4. The highest BCUT2D eigenvalue weighted by molar-refractivity contribution is 6.44. The van der Waals surface area contributed by atoms with Crippen molar-refractivity contribution in [2.24, 2.45) is 5.11 Å². The van der Waals surface area contributed by atoms with Crippen molar-refractivity contribution < 1.29 is 10.2 Å². The van der Waals surface area contributed by atoms with Crippen molar-refractivity contribution in [3.8, 4) is 0 Å². The molecule has 0 bridgehead atoms. The van der Waals surface area contributed by atoms with E-state index < -0.39 is 12.2 Å². The molecule has 0 aliphatic carbocycles. The molecule has 0 amide bonds. The monoisotopic (exact) mass is 295 g/mol. The molecule has 17 heavy (non-hydrogen) atoms. The van der Waals surface area contributed by atoms with E-state index in [2.05, 4.69) is 10.0 Å². The third-order valence-corrected chi connectivity index (χ3v) is 3.22. The Balaban J connectivity index is 3.06. The highest BCUT2D eigenvalue weighted by Gasteiger charge is 2.24. The van der Waals surface area contributed by atoms with Crippen LogP contribution in [-0.2, 0) is 0 Å². The van der Waals surface area contributed by atoms with Crippen molar-refractivity contribution in [1.82, 2.24) is 0 Å². The van der Waals surface area contributed by atoms with Crippen molar-refractivity contribution in [3.05, 3.63) is 43.2 Å². The van der Waals surface area contributed by atoms with E-state index in [1.807, 2.05) is 0 Å². The quantitative estimate of drug-likeness (QED) is 0.386. The van der Waals surface area contributed by atoms with E-state index in [9.17, 15) is 10.2 Å². The summed E-state index contributed by atoms with van der Waals surface area (Å²) in [4.78, 5) is 2.48. The molecule has 92 valence electrons. The van der Waals surface area contributed by atoms with Gasteiger partial charge in [-0.3, -0.25) is 0 Å². The first-order chi connectivity index (χ1) is 7.99. The normalized spacial score (nSPS) is 13.9. The molecule has 0 fully saturated rings. The molecule has 2 atom stereocenters. The molecule has 2 unspecified atom stereocenters. The lowest BCUT2D eigenvalue weighted by Crippen LogP contribution is -2.21. The predicted octanol–water partition coefficient (Wildman–Crippen LogP) is 3.35. The van der Waals surface area contributed by atoms with Crippen molar-refractivity contribution >= 4 is 34.8 Å². The summed E-state index contributed by atoms with van der Waals surface area (Å²) in [5.74, 6) is 0. The Bertz CT molecular complexity index is 463. The second-order valence-corrected chi connectivity index (χ2v) is 4.37. The number of aliphatic hydroxyl groups is 2. The van der Waals surface area contributed by atoms with Gasteiger partial charge in [0.15, 0.2) is 0 Å². The van der Waals surface area contributed by atoms with Gasteiger partial charge in [-0.25, -0.2) is 0 Å². The average molecular weight is 297 g/mol. The molecule has 8 heteroatoms. The maximum absolute atomic E-state index is 9.84. The van der Waals surface area contributed by atoms with Crippen LogP contribution in [0.3, 0.4) is 0 Å². The number of benzene rings is 1. The Hall–Kier alpha value is -0.680. The molecule has 2 N–H and O–H groups in total. The fourth-order valence-corrected chi connectivity index (χ4v) is 1.99. The summed E-state index contributed by atoms with van der Waals surface area (Å²) in [5, 5.41) is 23.0. The number of azide groups is 1. The number of nitrogens with zero attached hydrogens (tertiary/aromatic N) is 3. The smallest absolute Gasteiger partial charge is 0.108 e. The summed E-state index contributed by atoms with van der Waals surface area (Å²) in [5.41, 5.74) is 8.23. The van der Waals surface area contributed by atoms with E-state index in [0.29, 0.717) is 0 Å². The second kappa shape index (κ2) is 6.31. The molecule has 0 aromatic heterocycles. The van der Waals surface area contributed by atoms with Crippen LogP contribution in [0.5, 0.6) is 0 Å². The molecular weight excluding hydrogens is 288 g/mol. The van der Waals surface area contributed by atoms with Crippen LogP contribution in [0.2, 0.25) is 15.1 Å². The van der Waals surface area contributed by atoms with Gasteiger partial charge in [0.05, 0.1) is 22.7 Å². The van der Waals surface area contributed by atoms with Crippen molar-refractivity contribution in [3.63, 3.8) is 0 Å². The lowest BCUT2D eigenvalue weighted by atomic mass is 10.0. The molecule has 5 nitrogen and oxygen atoms in total. The van der Waals surface area contributed by atoms with Crippen LogP contribution in [0.15, 0.2) is 17.2 Å². The molecule has 0 aliphatic heterocycles. The van der Waals surface area contributed by atoms with Crippen molar-refractivity contribution in [2.75, 3.05) is 6.54 Å². The first-order valence-electron chi connectivity index (χ1n) is 4.49. The van der Waals surface area contributed by atoms with Crippen LogP contribution < -0.4 is 0 Å². The SMILES string of the molecule is [N-]=[N+]=NCC(O)C(O)c1c(Cl)ccc(Cl)c1Cl. The largest absolute Gasteiger partial charge is 0.390 e. The van der Waals surface area contributed by atoms with Crippen LogP contribution in [-0.4, -0.2) is 22.9 Å². The number of hydrogen-bond acceptors (Lipinski definition) is 3. The third-order valence-electron chi connectivity index (χ3n) is 2.07. The zero-order valence-corrected chi connectivity index (χ0v) is 10.7. The molecule has 0 saturated carbocycles. The first-order valence-corrected chi connectivity index (χ1v) is 5.62. The van der Waals surface area contributed by atoms with E-state index in [0.717, 1.165) is 0 Å². The lowest BCUT2D eigenvalue weighted by molar-refractivity contribution is 0.0245. The van der Waals surface area contributed by atoms with Gasteiger partial charge in [-0.05, 0) is 17.7 Å². The van der Waals surface area contributed by atoms with Gasteiger partial charge in [-0.15, -0.1) is 0 Å². The van der Waals surface area contributed by atoms with Gasteiger partial charge < -0.3 is 10.2 Å². The Labute approximate surface area is 112 Å². The van der Waals surface area contributed by atoms with Crippen LogP contribution in [0.4, 0.5) is 0 Å². The minimum atomic E-state index is -1.38. The van der Waals surface area contributed by atoms with Gasteiger partial charge in [-0.1, -0.05) is 39.9 Å². The fraction of sp³-hybridized carbons (Fsp3) is 0.333. The number of halogens is 3. The summed E-state index contributed by atoms with van der Waals surface area (Å²) < 4.78 is 0. The minimum Gasteiger partial charge on any atom is -0.390 e. The molecule has 0 radical (unpaired) electrons. The molecular formula is C9H8Cl3N3O2. The highest BCUT2D eigenvalue weighted by Crippen LogP contribution is 2.36. The lowest BCUT2D eigenvalue weighted by Gasteiger charge is -2.19. The molecule has 0 spiro atoms. The molecule has 0 aliphatic rings. The van der Waals surface area contributed by atoms with E-state index >= 15 is 0 Å². The molecule has 1 aromatic rings. The summed E-state index contributed by atoms with van der Waals surface area (Å²) in [6, 6.07) is 2.93. The van der Waals surface area contributed by atoms with Crippen LogP contribution in [0.25, 0.3) is 10.4 Å². The van der Waals surface area contributed by atoms with Gasteiger partial charge >= 0.3 is 0 Å². The van der Waals surface area contributed by atoms with E-state index in [1.54, 1.807) is 0 Å². The third kappa shape index (κ3) is 3.39. The van der Waals surface area contributed by atoms with Gasteiger partial charge in [0.1, 0.15) is 6.10 Å². The number of aliphatic hydroxyl groups excluding tert-OH is 2. The van der Waals surface area contributed by atoms with Gasteiger partial charge in [0.25, 0.3) is 0 Å². The standard InChI is InChI=1S/C9H8Cl3N3O2/c10-4-1-2-5(11)8(12)7(4)9(17)6(16)3-14-15-13/h1-2,6,9,16-17H,3H2. The van der Waals surface area contributed by atoms with Crippen molar-refractivity contribution in [1.29, 1.82) is 0 Å².